The van der Waals surface area contributed by atoms with Crippen LogP contribution >= 0.6 is 12.6 Å². The summed E-state index contributed by atoms with van der Waals surface area (Å²) in [6.45, 7) is 10.2. The van der Waals surface area contributed by atoms with Crippen molar-refractivity contribution in [3.63, 3.8) is 0 Å². The molecule has 0 amide bonds. The molecule has 4 heteroatoms. The molecule has 0 rings (SSSR count). The maximum Gasteiger partial charge on any atom is 0.283 e. The van der Waals surface area contributed by atoms with Crippen molar-refractivity contribution in [1.82, 2.24) is 0 Å². The van der Waals surface area contributed by atoms with Crippen molar-refractivity contribution in [2.75, 3.05) is 13.2 Å². The van der Waals surface area contributed by atoms with Gasteiger partial charge in [0.25, 0.3) is 5.97 Å². The van der Waals surface area contributed by atoms with Crippen LogP contribution in [-0.4, -0.2) is 29.5 Å². The first kappa shape index (κ1) is 50.2. The van der Waals surface area contributed by atoms with E-state index in [-0.39, 0.29) is 5.92 Å². The van der Waals surface area contributed by atoms with Crippen molar-refractivity contribution in [3.05, 3.63) is 0 Å². The molecule has 0 aliphatic carbocycles. The molecule has 0 heterocycles. The van der Waals surface area contributed by atoms with Crippen molar-refractivity contribution >= 4 is 12.6 Å². The summed E-state index contributed by atoms with van der Waals surface area (Å²) in [5.74, 6) is -1.45. The summed E-state index contributed by atoms with van der Waals surface area (Å²) < 4.78 is 12.7. The monoisotopic (exact) mass is 727 g/mol. The molecule has 0 saturated heterocycles. The van der Waals surface area contributed by atoms with E-state index in [0.29, 0.717) is 18.5 Å². The van der Waals surface area contributed by atoms with Crippen LogP contribution in [0.25, 0.3) is 0 Å². The highest BCUT2D eigenvalue weighted by Crippen LogP contribution is 2.32. The van der Waals surface area contributed by atoms with Crippen LogP contribution in [0.4, 0.5) is 0 Å². The minimum Gasteiger partial charge on any atom is -0.343 e. The molecule has 0 aromatic carbocycles. The van der Waals surface area contributed by atoms with E-state index in [1.54, 1.807) is 0 Å². The standard InChI is InChI=1S/C46H94O3S/c1-5-8-11-14-17-20-23-25-27-30-33-36-39-45(41-40-44(4)50)46(47,48-42-37-34-31-28-22-19-16-13-10-7-3)49-43-38-35-32-29-26-24-21-18-15-12-9-6-2/h44-45,47,50H,5-43H2,1-4H3. The first-order valence-electron chi connectivity index (χ1n) is 23.2. The Labute approximate surface area is 321 Å². The zero-order valence-electron chi connectivity index (χ0n) is 34.9. The maximum absolute atomic E-state index is 12.0. The largest absolute Gasteiger partial charge is 0.343 e. The molecule has 0 aromatic heterocycles. The first-order valence-corrected chi connectivity index (χ1v) is 23.7. The fraction of sp³-hybridized carbons (Fsp3) is 1.00. The van der Waals surface area contributed by atoms with Gasteiger partial charge in [0.05, 0.1) is 13.2 Å². The zero-order valence-corrected chi connectivity index (χ0v) is 35.8. The topological polar surface area (TPSA) is 38.7 Å². The highest BCUT2D eigenvalue weighted by atomic mass is 32.1. The van der Waals surface area contributed by atoms with Gasteiger partial charge in [-0.15, -0.1) is 0 Å². The average Bonchev–Trinajstić information content (AvgIpc) is 3.10. The highest BCUT2D eigenvalue weighted by molar-refractivity contribution is 7.80. The number of ether oxygens (including phenoxy) is 2. The van der Waals surface area contributed by atoms with Gasteiger partial charge < -0.3 is 14.6 Å². The summed E-state index contributed by atoms with van der Waals surface area (Å²) in [6, 6.07) is 0. The normalized spacial score (nSPS) is 14.3. The second kappa shape index (κ2) is 40.4. The number of unbranched alkanes of at least 4 members (excludes halogenated alkanes) is 31. The molecule has 0 bridgehead atoms. The van der Waals surface area contributed by atoms with Crippen molar-refractivity contribution < 1.29 is 14.6 Å². The molecule has 302 valence electrons. The van der Waals surface area contributed by atoms with E-state index < -0.39 is 5.97 Å². The molecule has 3 unspecified atom stereocenters. The number of aliphatic hydroxyl groups is 1. The second-order valence-corrected chi connectivity index (χ2v) is 17.1. The van der Waals surface area contributed by atoms with Crippen LogP contribution in [0, 0.1) is 5.92 Å². The summed E-state index contributed by atoms with van der Waals surface area (Å²) in [4.78, 5) is 0. The van der Waals surface area contributed by atoms with Gasteiger partial charge in [-0.3, -0.25) is 0 Å². The zero-order chi connectivity index (χ0) is 36.6. The fourth-order valence-corrected chi connectivity index (χ4v) is 7.58. The van der Waals surface area contributed by atoms with Crippen LogP contribution in [0.5, 0.6) is 0 Å². The van der Waals surface area contributed by atoms with Crippen molar-refractivity contribution in [3.8, 4) is 0 Å². The van der Waals surface area contributed by atoms with Gasteiger partial charge in [-0.05, 0) is 37.4 Å². The van der Waals surface area contributed by atoms with Gasteiger partial charge in [0, 0.05) is 5.92 Å². The molecule has 3 atom stereocenters. The number of hydrogen-bond donors (Lipinski definition) is 2. The van der Waals surface area contributed by atoms with E-state index in [9.17, 15) is 5.11 Å². The molecular formula is C46H94O3S. The summed E-state index contributed by atoms with van der Waals surface area (Å²) in [5.41, 5.74) is 0. The van der Waals surface area contributed by atoms with E-state index in [1.807, 2.05) is 0 Å². The van der Waals surface area contributed by atoms with Crippen LogP contribution in [-0.2, 0) is 9.47 Å². The Morgan fingerprint density at radius 2 is 0.640 bits per heavy atom. The van der Waals surface area contributed by atoms with E-state index in [2.05, 4.69) is 27.7 Å². The molecular weight excluding hydrogens is 633 g/mol. The Bertz CT molecular complexity index is 629. The molecule has 0 aliphatic heterocycles. The predicted molar refractivity (Wildman–Crippen MR) is 227 cm³/mol. The van der Waals surface area contributed by atoms with Gasteiger partial charge in [-0.1, -0.05) is 233 Å². The van der Waals surface area contributed by atoms with Crippen molar-refractivity contribution in [1.29, 1.82) is 0 Å². The van der Waals surface area contributed by atoms with Gasteiger partial charge in [0.1, 0.15) is 0 Å². The molecule has 0 aliphatic rings. The Morgan fingerprint density at radius 1 is 0.380 bits per heavy atom. The van der Waals surface area contributed by atoms with Crippen molar-refractivity contribution in [2.45, 2.75) is 276 Å². The quantitative estimate of drug-likeness (QED) is 0.0373. The van der Waals surface area contributed by atoms with Crippen molar-refractivity contribution in [2.24, 2.45) is 5.92 Å². The molecule has 1 N–H and O–H groups in total. The van der Waals surface area contributed by atoms with Gasteiger partial charge in [-0.25, -0.2) is 0 Å². The highest BCUT2D eigenvalue weighted by Gasteiger charge is 2.38. The Morgan fingerprint density at radius 3 is 0.920 bits per heavy atom. The Kier molecular flexibility index (Phi) is 40.6. The molecule has 3 nitrogen and oxygen atoms in total. The first-order chi connectivity index (χ1) is 24.5. The molecule has 0 aromatic rings. The van der Waals surface area contributed by atoms with Crippen LogP contribution in [0.2, 0.25) is 0 Å². The Hall–Kier alpha value is 0.230. The summed E-state index contributed by atoms with van der Waals surface area (Å²) in [5, 5.41) is 12.3. The van der Waals surface area contributed by atoms with E-state index >= 15 is 0 Å². The molecule has 0 fully saturated rings. The van der Waals surface area contributed by atoms with Crippen LogP contribution in [0.1, 0.15) is 265 Å². The van der Waals surface area contributed by atoms with E-state index in [1.165, 1.54) is 199 Å². The average molecular weight is 727 g/mol. The van der Waals surface area contributed by atoms with Crippen LogP contribution in [0.15, 0.2) is 0 Å². The number of hydrogen-bond acceptors (Lipinski definition) is 4. The predicted octanol–water partition coefficient (Wildman–Crippen LogP) is 16.1. The second-order valence-electron chi connectivity index (χ2n) is 16.2. The molecule has 0 spiro atoms. The lowest BCUT2D eigenvalue weighted by Crippen LogP contribution is -2.44. The fourth-order valence-electron chi connectivity index (χ4n) is 7.43. The van der Waals surface area contributed by atoms with Gasteiger partial charge in [0.2, 0.25) is 0 Å². The summed E-state index contributed by atoms with van der Waals surface area (Å²) in [7, 11) is 0. The molecule has 0 saturated carbocycles. The van der Waals surface area contributed by atoms with Gasteiger partial charge in [0.15, 0.2) is 0 Å². The van der Waals surface area contributed by atoms with Gasteiger partial charge in [-0.2, -0.15) is 12.6 Å². The third-order valence-corrected chi connectivity index (χ3v) is 11.2. The number of thiol groups is 1. The third-order valence-electron chi connectivity index (χ3n) is 11.0. The van der Waals surface area contributed by atoms with E-state index in [0.717, 1.165) is 38.5 Å². The Balaban J connectivity index is 4.68. The minimum absolute atomic E-state index is 0.0145. The summed E-state index contributed by atoms with van der Waals surface area (Å²) in [6.07, 6.45) is 48.1. The van der Waals surface area contributed by atoms with Gasteiger partial charge >= 0.3 is 0 Å². The lowest BCUT2D eigenvalue weighted by molar-refractivity contribution is -0.388. The third kappa shape index (κ3) is 35.3. The minimum atomic E-state index is -1.46. The molecule has 50 heavy (non-hydrogen) atoms. The lowest BCUT2D eigenvalue weighted by atomic mass is 9.92. The van der Waals surface area contributed by atoms with E-state index in [4.69, 9.17) is 22.1 Å². The smallest absolute Gasteiger partial charge is 0.283 e. The number of rotatable bonds is 43. The summed E-state index contributed by atoms with van der Waals surface area (Å²) >= 11 is 4.70. The lowest BCUT2D eigenvalue weighted by Gasteiger charge is -2.36. The van der Waals surface area contributed by atoms with Crippen LogP contribution in [0.3, 0.4) is 0 Å². The maximum atomic E-state index is 12.0. The SMILES string of the molecule is CCCCCCCCCCCCCCOC(O)(OCCCCCCCCCCCC)C(CCCCCCCCCCCCCC)CCC(C)S. The van der Waals surface area contributed by atoms with Crippen LogP contribution < -0.4 is 0 Å². The molecule has 0 radical (unpaired) electrons.